The summed E-state index contributed by atoms with van der Waals surface area (Å²) < 4.78 is 23.0. The zero-order valence-corrected chi connectivity index (χ0v) is 21.9. The third-order valence-electron chi connectivity index (χ3n) is 7.73. The molecule has 0 amide bonds. The van der Waals surface area contributed by atoms with Gasteiger partial charge < -0.3 is 44.3 Å². The molecule has 3 saturated heterocycles. The molecule has 2 bridgehead atoms. The molecule has 37 heavy (non-hydrogen) atoms. The van der Waals surface area contributed by atoms with Crippen LogP contribution in [0, 0.1) is 0 Å². The summed E-state index contributed by atoms with van der Waals surface area (Å²) >= 11 is 0. The first kappa shape index (κ1) is 27.8. The van der Waals surface area contributed by atoms with E-state index in [1.54, 1.807) is 6.07 Å². The highest BCUT2D eigenvalue weighted by Crippen LogP contribution is 2.38. The topological polar surface area (TPSA) is 138 Å². The van der Waals surface area contributed by atoms with Gasteiger partial charge in [0.05, 0.1) is 19.3 Å². The number of aliphatic hydroxyl groups excluding tert-OH is 4. The molecule has 0 spiro atoms. The summed E-state index contributed by atoms with van der Waals surface area (Å²) in [5.41, 5.74) is 1.96. The number of hydrogen-bond acceptors (Lipinski definition) is 10. The Labute approximate surface area is 217 Å². The number of carbonyl (C=O) groups is 1. The first-order chi connectivity index (χ1) is 17.6. The number of piperidine rings is 1. The molecule has 3 aliphatic rings. The van der Waals surface area contributed by atoms with Crippen molar-refractivity contribution in [1.29, 1.82) is 0 Å². The lowest BCUT2D eigenvalue weighted by molar-refractivity contribution is -0.277. The van der Waals surface area contributed by atoms with E-state index in [-0.39, 0.29) is 17.6 Å². The van der Waals surface area contributed by atoms with Gasteiger partial charge in [-0.05, 0) is 52.3 Å². The molecule has 1 aromatic carbocycles. The van der Waals surface area contributed by atoms with Crippen molar-refractivity contribution < 1.29 is 44.2 Å². The average Bonchev–Trinajstić information content (AvgIpc) is 3.07. The molecule has 10 heteroatoms. The molecule has 8 atom stereocenters. The van der Waals surface area contributed by atoms with Crippen molar-refractivity contribution in [2.45, 2.75) is 94.8 Å². The van der Waals surface area contributed by atoms with Gasteiger partial charge in [0.15, 0.2) is 11.5 Å². The predicted molar refractivity (Wildman–Crippen MR) is 134 cm³/mol. The Hall–Kier alpha value is -2.21. The van der Waals surface area contributed by atoms with Gasteiger partial charge in [-0.2, -0.15) is 0 Å². The second-order valence-corrected chi connectivity index (χ2v) is 10.5. The number of carbonyl (C=O) groups excluding carboxylic acids is 1. The summed E-state index contributed by atoms with van der Waals surface area (Å²) in [5, 5.41) is 40.2. The van der Waals surface area contributed by atoms with Crippen LogP contribution in [0.2, 0.25) is 0 Å². The molecule has 0 saturated carbocycles. The number of rotatable bonds is 8. The van der Waals surface area contributed by atoms with Crippen LogP contribution in [0.1, 0.15) is 55.5 Å². The number of fused-ring (bicyclic) bond motifs is 2. The predicted octanol–water partition coefficient (Wildman–Crippen LogP) is 1.16. The van der Waals surface area contributed by atoms with Crippen LogP contribution < -0.4 is 9.47 Å². The molecule has 3 heterocycles. The maximum absolute atomic E-state index is 13.2. The Balaban J connectivity index is 1.59. The van der Waals surface area contributed by atoms with E-state index in [4.69, 9.17) is 18.9 Å². The number of esters is 1. The highest BCUT2D eigenvalue weighted by atomic mass is 16.7. The molecule has 4 N–H and O–H groups in total. The molecule has 206 valence electrons. The SMILES string of the molecule is COc1cc(C(=O)OC2C[C@H]3CC[C@@H](C2)N3C)cc(CC=C(C)C)c1O[C@@H]1O[C@H](CO)[C@@H](O)[C@H](O)[C@H]1O. The number of aliphatic hydroxyl groups is 4. The van der Waals surface area contributed by atoms with E-state index < -0.39 is 43.3 Å². The Morgan fingerprint density at radius 2 is 1.78 bits per heavy atom. The van der Waals surface area contributed by atoms with E-state index in [2.05, 4.69) is 11.9 Å². The van der Waals surface area contributed by atoms with Gasteiger partial charge >= 0.3 is 5.97 Å². The van der Waals surface area contributed by atoms with Gasteiger partial charge in [-0.15, -0.1) is 0 Å². The van der Waals surface area contributed by atoms with Gasteiger partial charge in [-0.1, -0.05) is 11.6 Å². The summed E-state index contributed by atoms with van der Waals surface area (Å²) in [5.74, 6) is 0.00956. The Morgan fingerprint density at radius 3 is 2.38 bits per heavy atom. The quantitative estimate of drug-likeness (QED) is 0.291. The minimum atomic E-state index is -1.58. The largest absolute Gasteiger partial charge is 0.493 e. The smallest absolute Gasteiger partial charge is 0.338 e. The average molecular weight is 522 g/mol. The number of allylic oxidation sites excluding steroid dienone is 2. The molecule has 1 unspecified atom stereocenters. The second kappa shape index (κ2) is 11.7. The first-order valence-corrected chi connectivity index (χ1v) is 12.9. The van der Waals surface area contributed by atoms with Crippen LogP contribution in [0.3, 0.4) is 0 Å². The normalized spacial score (nSPS) is 33.6. The summed E-state index contributed by atoms with van der Waals surface area (Å²) in [6, 6.07) is 4.08. The van der Waals surface area contributed by atoms with Crippen molar-refractivity contribution in [1.82, 2.24) is 4.90 Å². The molecular formula is C27H39NO9. The monoisotopic (exact) mass is 521 g/mol. The van der Waals surface area contributed by atoms with Crippen molar-refractivity contribution in [3.8, 4) is 11.5 Å². The van der Waals surface area contributed by atoms with Crippen LogP contribution >= 0.6 is 0 Å². The lowest BCUT2D eigenvalue weighted by Gasteiger charge is -2.39. The Morgan fingerprint density at radius 1 is 1.11 bits per heavy atom. The number of benzene rings is 1. The molecule has 3 aliphatic heterocycles. The first-order valence-electron chi connectivity index (χ1n) is 12.9. The Bertz CT molecular complexity index is 978. The van der Waals surface area contributed by atoms with Crippen molar-refractivity contribution in [2.75, 3.05) is 20.8 Å². The van der Waals surface area contributed by atoms with Gasteiger partial charge in [-0.3, -0.25) is 0 Å². The highest BCUT2D eigenvalue weighted by Gasteiger charge is 2.45. The van der Waals surface area contributed by atoms with Crippen LogP contribution in [0.25, 0.3) is 0 Å². The van der Waals surface area contributed by atoms with Crippen molar-refractivity contribution in [3.05, 3.63) is 34.9 Å². The zero-order valence-electron chi connectivity index (χ0n) is 21.9. The van der Waals surface area contributed by atoms with Gasteiger partial charge in [-0.25, -0.2) is 4.79 Å². The summed E-state index contributed by atoms with van der Waals surface area (Å²) in [6.45, 7) is 3.32. The minimum absolute atomic E-state index is 0.140. The van der Waals surface area contributed by atoms with Gasteiger partial charge in [0, 0.05) is 30.5 Å². The molecule has 0 radical (unpaired) electrons. The van der Waals surface area contributed by atoms with Crippen molar-refractivity contribution in [2.24, 2.45) is 0 Å². The maximum Gasteiger partial charge on any atom is 0.338 e. The van der Waals surface area contributed by atoms with E-state index in [9.17, 15) is 25.2 Å². The van der Waals surface area contributed by atoms with E-state index in [1.165, 1.54) is 13.2 Å². The van der Waals surface area contributed by atoms with Crippen LogP contribution in [0.4, 0.5) is 0 Å². The molecular weight excluding hydrogens is 482 g/mol. The summed E-state index contributed by atoms with van der Waals surface area (Å²) in [7, 11) is 3.57. The van der Waals surface area contributed by atoms with E-state index in [0.717, 1.165) is 31.3 Å². The lowest BCUT2D eigenvalue weighted by Crippen LogP contribution is -2.60. The second-order valence-electron chi connectivity index (χ2n) is 10.5. The minimum Gasteiger partial charge on any atom is -0.493 e. The fraction of sp³-hybridized carbons (Fsp3) is 0.667. The van der Waals surface area contributed by atoms with E-state index >= 15 is 0 Å². The molecule has 1 aromatic rings. The third-order valence-corrected chi connectivity index (χ3v) is 7.73. The lowest BCUT2D eigenvalue weighted by atomic mass is 9.99. The van der Waals surface area contributed by atoms with E-state index in [0.29, 0.717) is 29.6 Å². The van der Waals surface area contributed by atoms with Crippen molar-refractivity contribution in [3.63, 3.8) is 0 Å². The number of methoxy groups -OCH3 is 1. The fourth-order valence-corrected chi connectivity index (χ4v) is 5.49. The number of nitrogens with zero attached hydrogens (tertiary/aromatic N) is 1. The number of hydrogen-bond donors (Lipinski definition) is 4. The molecule has 3 fully saturated rings. The zero-order chi connectivity index (χ0) is 26.9. The van der Waals surface area contributed by atoms with Crippen LogP contribution in [-0.2, 0) is 15.9 Å². The van der Waals surface area contributed by atoms with Crippen LogP contribution in [-0.4, -0.2) is 101 Å². The number of ether oxygens (including phenoxy) is 4. The summed E-state index contributed by atoms with van der Waals surface area (Å²) in [6.07, 6.45) is -1.07. The third kappa shape index (κ3) is 5.94. The molecule has 0 aromatic heterocycles. The van der Waals surface area contributed by atoms with Crippen LogP contribution in [0.15, 0.2) is 23.8 Å². The maximum atomic E-state index is 13.2. The molecule has 0 aliphatic carbocycles. The van der Waals surface area contributed by atoms with E-state index in [1.807, 2.05) is 19.9 Å². The molecule has 10 nitrogen and oxygen atoms in total. The Kier molecular flexibility index (Phi) is 8.77. The van der Waals surface area contributed by atoms with Crippen molar-refractivity contribution >= 4 is 5.97 Å². The van der Waals surface area contributed by atoms with Gasteiger partial charge in [0.2, 0.25) is 6.29 Å². The van der Waals surface area contributed by atoms with Crippen LogP contribution in [0.5, 0.6) is 11.5 Å². The van der Waals surface area contributed by atoms with Gasteiger partial charge in [0.1, 0.15) is 30.5 Å². The summed E-state index contributed by atoms with van der Waals surface area (Å²) in [4.78, 5) is 15.6. The highest BCUT2D eigenvalue weighted by molar-refractivity contribution is 5.91. The fourth-order valence-electron chi connectivity index (χ4n) is 5.49. The van der Waals surface area contributed by atoms with Gasteiger partial charge in [0.25, 0.3) is 0 Å². The standard InChI is InChI=1S/C27H39NO9/c1-14(2)5-6-15-9-16(26(33)35-19-11-17-7-8-18(12-19)28(17)3)10-20(34-4)25(15)37-27-24(32)23(31)22(30)21(13-29)36-27/h5,9-10,17-19,21-24,27,29-32H,6-8,11-13H2,1-4H3/t17-,18+,19?,21-,22-,23+,24-,27+/m1/s1. The molecule has 4 rings (SSSR count).